The molecular weight excluding hydrogens is 307 g/mol. The second-order valence-electron chi connectivity index (χ2n) is 4.14. The van der Waals surface area contributed by atoms with Gasteiger partial charge in [-0.2, -0.15) is 5.10 Å². The molecule has 0 radical (unpaired) electrons. The molecule has 0 bridgehead atoms. The number of halogens is 2. The van der Waals surface area contributed by atoms with E-state index in [4.69, 9.17) is 27.9 Å². The Hall–Kier alpha value is -1.97. The first-order chi connectivity index (χ1) is 10.2. The second kappa shape index (κ2) is 7.72. The molecule has 0 saturated heterocycles. The molecule has 5 heteroatoms. The molecule has 2 aromatic rings. The number of nitrogens with one attached hydrogen (secondary N) is 1. The van der Waals surface area contributed by atoms with Crippen molar-refractivity contribution in [2.75, 3.05) is 12.5 Å². The molecule has 108 valence electrons. The molecule has 21 heavy (non-hydrogen) atoms. The van der Waals surface area contributed by atoms with Gasteiger partial charge in [0.2, 0.25) is 0 Å². The Bertz CT molecular complexity index is 634. The standard InChI is InChI=1S/C16H14Cl2N2O/c1-21-15-8-6-14(7-9-15)20-19-11-10-16(18)12-2-4-13(17)5-3-12/h2-11,20H,1H3. The van der Waals surface area contributed by atoms with Gasteiger partial charge in [-0.1, -0.05) is 35.3 Å². The fraction of sp³-hybridized carbons (Fsp3) is 0.0625. The van der Waals surface area contributed by atoms with Crippen LogP contribution in [0, 0.1) is 0 Å². The second-order valence-corrected chi connectivity index (χ2v) is 4.98. The van der Waals surface area contributed by atoms with E-state index in [0.717, 1.165) is 17.0 Å². The average Bonchev–Trinajstić information content (AvgIpc) is 2.52. The average molecular weight is 321 g/mol. The van der Waals surface area contributed by atoms with Crippen LogP contribution in [-0.2, 0) is 0 Å². The molecule has 2 rings (SSSR count). The predicted molar refractivity (Wildman–Crippen MR) is 90.4 cm³/mol. The normalized spacial score (nSPS) is 11.7. The first-order valence-electron chi connectivity index (χ1n) is 6.24. The van der Waals surface area contributed by atoms with Crippen LogP contribution in [0.3, 0.4) is 0 Å². The molecule has 2 aromatic carbocycles. The summed E-state index contributed by atoms with van der Waals surface area (Å²) in [5.74, 6) is 0.801. The first kappa shape index (κ1) is 15.4. The highest BCUT2D eigenvalue weighted by molar-refractivity contribution is 6.49. The highest BCUT2D eigenvalue weighted by Gasteiger charge is 1.96. The van der Waals surface area contributed by atoms with E-state index in [1.54, 1.807) is 31.5 Å². The van der Waals surface area contributed by atoms with Crippen LogP contribution in [0.5, 0.6) is 5.75 Å². The van der Waals surface area contributed by atoms with E-state index in [1.807, 2.05) is 36.4 Å². The van der Waals surface area contributed by atoms with Crippen LogP contribution in [0.15, 0.2) is 59.7 Å². The van der Waals surface area contributed by atoms with Crippen LogP contribution in [0.25, 0.3) is 5.03 Å². The van der Waals surface area contributed by atoms with Gasteiger partial charge in [-0.25, -0.2) is 0 Å². The topological polar surface area (TPSA) is 33.6 Å². The molecule has 0 atom stereocenters. The molecule has 0 aliphatic rings. The largest absolute Gasteiger partial charge is 0.497 e. The molecule has 0 aliphatic heterocycles. The first-order valence-corrected chi connectivity index (χ1v) is 6.99. The number of anilines is 1. The Morgan fingerprint density at radius 2 is 1.76 bits per heavy atom. The van der Waals surface area contributed by atoms with Crippen LogP contribution >= 0.6 is 23.2 Å². The van der Waals surface area contributed by atoms with Gasteiger partial charge < -0.3 is 4.74 Å². The molecule has 0 fully saturated rings. The highest BCUT2D eigenvalue weighted by atomic mass is 35.5. The lowest BCUT2D eigenvalue weighted by Crippen LogP contribution is -1.89. The minimum atomic E-state index is 0.590. The number of nitrogens with zero attached hydrogens (tertiary/aromatic N) is 1. The zero-order valence-electron chi connectivity index (χ0n) is 11.4. The fourth-order valence-electron chi connectivity index (χ4n) is 1.59. The van der Waals surface area contributed by atoms with E-state index in [9.17, 15) is 0 Å². The van der Waals surface area contributed by atoms with Crippen molar-refractivity contribution in [3.63, 3.8) is 0 Å². The zero-order valence-corrected chi connectivity index (χ0v) is 12.9. The van der Waals surface area contributed by atoms with Crippen LogP contribution < -0.4 is 10.2 Å². The maximum Gasteiger partial charge on any atom is 0.119 e. The van der Waals surface area contributed by atoms with Crippen LogP contribution in [-0.4, -0.2) is 13.3 Å². The Balaban J connectivity index is 1.94. The summed E-state index contributed by atoms with van der Waals surface area (Å²) in [7, 11) is 1.63. The Kier molecular flexibility index (Phi) is 5.67. The van der Waals surface area contributed by atoms with E-state index < -0.39 is 0 Å². The predicted octanol–water partition coefficient (Wildman–Crippen LogP) is 5.03. The van der Waals surface area contributed by atoms with Gasteiger partial charge in [0.15, 0.2) is 0 Å². The summed E-state index contributed by atoms with van der Waals surface area (Å²) in [6.45, 7) is 0. The van der Waals surface area contributed by atoms with Gasteiger partial charge in [0.25, 0.3) is 0 Å². The molecule has 0 aliphatic carbocycles. The number of hydrazone groups is 1. The monoisotopic (exact) mass is 320 g/mol. The van der Waals surface area contributed by atoms with Crippen molar-refractivity contribution < 1.29 is 4.74 Å². The summed E-state index contributed by atoms with van der Waals surface area (Å²) in [6, 6.07) is 14.8. The third-order valence-electron chi connectivity index (χ3n) is 2.70. The maximum atomic E-state index is 6.16. The fourth-order valence-corrected chi connectivity index (χ4v) is 1.89. The van der Waals surface area contributed by atoms with E-state index in [1.165, 1.54) is 0 Å². The minimum Gasteiger partial charge on any atom is -0.497 e. The number of hydrogen-bond donors (Lipinski definition) is 1. The third kappa shape index (κ3) is 4.81. The van der Waals surface area contributed by atoms with E-state index >= 15 is 0 Å². The van der Waals surface area contributed by atoms with Crippen molar-refractivity contribution in [1.82, 2.24) is 0 Å². The summed E-state index contributed by atoms with van der Waals surface area (Å²) in [4.78, 5) is 0. The van der Waals surface area contributed by atoms with Crippen molar-refractivity contribution in [1.29, 1.82) is 0 Å². The lowest BCUT2D eigenvalue weighted by Gasteiger charge is -2.02. The van der Waals surface area contributed by atoms with Gasteiger partial charge in [-0.05, 0) is 48.0 Å². The van der Waals surface area contributed by atoms with Crippen LogP contribution in [0.1, 0.15) is 5.56 Å². The number of allylic oxidation sites excluding steroid dienone is 1. The van der Waals surface area contributed by atoms with Crippen molar-refractivity contribution in [3.8, 4) is 5.75 Å². The van der Waals surface area contributed by atoms with Crippen molar-refractivity contribution in [3.05, 3.63) is 65.2 Å². The number of benzene rings is 2. The van der Waals surface area contributed by atoms with Gasteiger partial charge in [0, 0.05) is 16.3 Å². The summed E-state index contributed by atoms with van der Waals surface area (Å²) >= 11 is 12.0. The van der Waals surface area contributed by atoms with Crippen LogP contribution in [0.2, 0.25) is 5.02 Å². The van der Waals surface area contributed by atoms with Gasteiger partial charge in [-0.3, -0.25) is 5.43 Å². The minimum absolute atomic E-state index is 0.590. The lowest BCUT2D eigenvalue weighted by atomic mass is 10.2. The molecule has 0 aromatic heterocycles. The molecule has 0 saturated carbocycles. The number of ether oxygens (including phenoxy) is 1. The number of hydrogen-bond acceptors (Lipinski definition) is 3. The zero-order chi connectivity index (χ0) is 15.1. The smallest absolute Gasteiger partial charge is 0.119 e. The Labute approximate surface area is 133 Å². The lowest BCUT2D eigenvalue weighted by molar-refractivity contribution is 0.415. The summed E-state index contributed by atoms with van der Waals surface area (Å²) in [5, 5.41) is 5.35. The number of methoxy groups -OCH3 is 1. The number of rotatable bonds is 5. The summed E-state index contributed by atoms with van der Waals surface area (Å²) in [6.07, 6.45) is 3.31. The maximum absolute atomic E-state index is 6.16. The summed E-state index contributed by atoms with van der Waals surface area (Å²) in [5.41, 5.74) is 4.65. The molecular formula is C16H14Cl2N2O. The highest BCUT2D eigenvalue weighted by Crippen LogP contribution is 2.20. The molecule has 0 amide bonds. The van der Waals surface area contributed by atoms with Crippen molar-refractivity contribution >= 4 is 40.1 Å². The van der Waals surface area contributed by atoms with Gasteiger partial charge in [0.05, 0.1) is 12.8 Å². The molecule has 1 N–H and O–H groups in total. The van der Waals surface area contributed by atoms with Gasteiger partial charge in [0.1, 0.15) is 5.75 Å². The molecule has 0 heterocycles. The molecule has 0 spiro atoms. The Morgan fingerprint density at radius 1 is 1.10 bits per heavy atom. The quantitative estimate of drug-likeness (QED) is 0.619. The Morgan fingerprint density at radius 3 is 2.38 bits per heavy atom. The van der Waals surface area contributed by atoms with Crippen LogP contribution in [0.4, 0.5) is 5.69 Å². The molecule has 3 nitrogen and oxygen atoms in total. The van der Waals surface area contributed by atoms with Crippen molar-refractivity contribution in [2.45, 2.75) is 0 Å². The van der Waals surface area contributed by atoms with E-state index in [-0.39, 0.29) is 0 Å². The van der Waals surface area contributed by atoms with Gasteiger partial charge in [-0.15, -0.1) is 0 Å². The third-order valence-corrected chi connectivity index (χ3v) is 3.30. The SMILES string of the molecule is COc1ccc(NN=CC=C(Cl)c2ccc(Cl)cc2)cc1. The summed E-state index contributed by atoms with van der Waals surface area (Å²) < 4.78 is 5.08. The van der Waals surface area contributed by atoms with Crippen molar-refractivity contribution in [2.24, 2.45) is 5.10 Å². The van der Waals surface area contributed by atoms with E-state index in [2.05, 4.69) is 10.5 Å². The van der Waals surface area contributed by atoms with E-state index in [0.29, 0.717) is 10.1 Å². The molecule has 0 unspecified atom stereocenters. The van der Waals surface area contributed by atoms with Gasteiger partial charge >= 0.3 is 0 Å².